The lowest BCUT2D eigenvalue weighted by atomic mass is 10.0. The fourth-order valence-electron chi connectivity index (χ4n) is 3.31. The molecule has 3 rings (SSSR count). The van der Waals surface area contributed by atoms with E-state index in [1.54, 1.807) is 0 Å². The monoisotopic (exact) mass is 405 g/mol. The van der Waals surface area contributed by atoms with Gasteiger partial charge in [-0.2, -0.15) is 0 Å². The third-order valence-electron chi connectivity index (χ3n) is 4.98. The molecule has 0 bridgehead atoms. The molecular formula is C27H39N3. The number of hydrogen-bond donors (Lipinski definition) is 0. The van der Waals surface area contributed by atoms with Crippen LogP contribution < -0.4 is 0 Å². The third kappa shape index (κ3) is 8.44. The highest BCUT2D eigenvalue weighted by Crippen LogP contribution is 2.17. The van der Waals surface area contributed by atoms with E-state index in [0.29, 0.717) is 17.8 Å². The zero-order valence-corrected chi connectivity index (χ0v) is 20.3. The van der Waals surface area contributed by atoms with Crippen molar-refractivity contribution >= 4 is 0 Å². The zero-order chi connectivity index (χ0) is 22.7. The van der Waals surface area contributed by atoms with Gasteiger partial charge in [0.2, 0.25) is 0 Å². The van der Waals surface area contributed by atoms with Gasteiger partial charge in [0.1, 0.15) is 0 Å². The smallest absolute Gasteiger partial charge is 0.0458 e. The van der Waals surface area contributed by atoms with Gasteiger partial charge in [0.25, 0.3) is 0 Å². The molecule has 0 radical (unpaired) electrons. The fourth-order valence-corrected chi connectivity index (χ4v) is 3.31. The van der Waals surface area contributed by atoms with Gasteiger partial charge in [-0.1, -0.05) is 47.6 Å². The van der Waals surface area contributed by atoms with Crippen molar-refractivity contribution in [3.8, 4) is 0 Å². The van der Waals surface area contributed by atoms with Crippen LogP contribution in [0.5, 0.6) is 0 Å². The van der Waals surface area contributed by atoms with Crippen LogP contribution >= 0.6 is 0 Å². The summed E-state index contributed by atoms with van der Waals surface area (Å²) in [5, 5.41) is 0. The van der Waals surface area contributed by atoms with Crippen LogP contribution in [-0.2, 0) is 0 Å². The average Bonchev–Trinajstić information content (AvgIpc) is 2.69. The Balaban J connectivity index is 0.000000225. The number of rotatable bonds is 3. The minimum atomic E-state index is 0.543. The Bertz CT molecular complexity index is 765. The maximum absolute atomic E-state index is 4.28. The van der Waals surface area contributed by atoms with Crippen molar-refractivity contribution < 1.29 is 0 Å². The summed E-state index contributed by atoms with van der Waals surface area (Å²) in [7, 11) is 0. The molecule has 0 spiro atoms. The van der Waals surface area contributed by atoms with Crippen molar-refractivity contribution in [2.24, 2.45) is 0 Å². The standard InChI is InChI=1S/3C9H13N/c1-7(2)9-4-5-10-6-8(9)3;1-7(2)9-6-10-5-4-8(9)3;1-7(2)9-8(3)5-4-6-10-9/h3*4-7H,1-3H3. The summed E-state index contributed by atoms with van der Waals surface area (Å²) in [6.45, 7) is 19.4. The Morgan fingerprint density at radius 2 is 1.17 bits per heavy atom. The third-order valence-corrected chi connectivity index (χ3v) is 4.98. The first-order valence-corrected chi connectivity index (χ1v) is 10.9. The molecule has 0 unspecified atom stereocenters. The molecule has 3 aromatic heterocycles. The molecule has 0 amide bonds. The first kappa shape index (κ1) is 25.5. The van der Waals surface area contributed by atoms with Crippen LogP contribution in [0.1, 0.15) is 92.8 Å². The summed E-state index contributed by atoms with van der Waals surface area (Å²) in [6.07, 6.45) is 9.39. The summed E-state index contributed by atoms with van der Waals surface area (Å²) >= 11 is 0. The highest BCUT2D eigenvalue weighted by atomic mass is 14.7. The van der Waals surface area contributed by atoms with Crippen molar-refractivity contribution in [1.29, 1.82) is 0 Å². The van der Waals surface area contributed by atoms with Gasteiger partial charge < -0.3 is 0 Å². The molecule has 3 heterocycles. The Morgan fingerprint density at radius 1 is 0.567 bits per heavy atom. The van der Waals surface area contributed by atoms with Gasteiger partial charge in [0.05, 0.1) is 0 Å². The van der Waals surface area contributed by atoms with Crippen molar-refractivity contribution in [3.63, 3.8) is 0 Å². The maximum Gasteiger partial charge on any atom is 0.0458 e. The van der Waals surface area contributed by atoms with E-state index in [0.717, 1.165) is 0 Å². The minimum absolute atomic E-state index is 0.543. The lowest BCUT2D eigenvalue weighted by Crippen LogP contribution is -1.94. The number of pyridine rings is 3. The minimum Gasteiger partial charge on any atom is -0.264 e. The Kier molecular flexibility index (Phi) is 11.0. The molecule has 0 aliphatic heterocycles. The normalized spacial score (nSPS) is 10.4. The molecule has 3 heteroatoms. The number of nitrogens with zero attached hydrogens (tertiary/aromatic N) is 3. The quantitative estimate of drug-likeness (QED) is 0.452. The SMILES string of the molecule is Cc1cccnc1C(C)C.Cc1ccncc1C(C)C.Cc1cnccc1C(C)C. The molecule has 0 aliphatic rings. The van der Waals surface area contributed by atoms with E-state index in [9.17, 15) is 0 Å². The van der Waals surface area contributed by atoms with E-state index in [-0.39, 0.29) is 0 Å². The predicted molar refractivity (Wildman–Crippen MR) is 129 cm³/mol. The molecule has 0 fully saturated rings. The van der Waals surface area contributed by atoms with Crippen molar-refractivity contribution in [2.45, 2.75) is 80.1 Å². The van der Waals surface area contributed by atoms with Gasteiger partial charge in [-0.3, -0.25) is 15.0 Å². The molecule has 0 atom stereocenters. The van der Waals surface area contributed by atoms with Crippen LogP contribution in [0.25, 0.3) is 0 Å². The number of hydrogen-bond acceptors (Lipinski definition) is 3. The second-order valence-electron chi connectivity index (χ2n) is 8.63. The van der Waals surface area contributed by atoms with Gasteiger partial charge in [-0.05, 0) is 84.5 Å². The predicted octanol–water partition coefficient (Wildman–Crippen LogP) is 7.54. The van der Waals surface area contributed by atoms with Gasteiger partial charge in [-0.25, -0.2) is 0 Å². The Hall–Kier alpha value is -2.55. The van der Waals surface area contributed by atoms with Crippen LogP contribution in [0.15, 0.2) is 55.2 Å². The summed E-state index contributed by atoms with van der Waals surface area (Å²) in [5.74, 6) is 1.75. The van der Waals surface area contributed by atoms with Gasteiger partial charge in [0, 0.05) is 36.7 Å². The second kappa shape index (κ2) is 12.9. The first-order valence-electron chi connectivity index (χ1n) is 10.9. The molecule has 0 saturated carbocycles. The van der Waals surface area contributed by atoms with Gasteiger partial charge in [-0.15, -0.1) is 0 Å². The molecule has 3 nitrogen and oxygen atoms in total. The average molecular weight is 406 g/mol. The van der Waals surface area contributed by atoms with E-state index >= 15 is 0 Å². The van der Waals surface area contributed by atoms with Crippen molar-refractivity contribution in [2.75, 3.05) is 0 Å². The molecule has 0 saturated heterocycles. The topological polar surface area (TPSA) is 38.7 Å². The van der Waals surface area contributed by atoms with E-state index < -0.39 is 0 Å². The maximum atomic E-state index is 4.28. The van der Waals surface area contributed by atoms with Crippen LogP contribution in [-0.4, -0.2) is 15.0 Å². The van der Waals surface area contributed by atoms with E-state index in [1.165, 1.54) is 33.5 Å². The molecule has 0 N–H and O–H groups in total. The molecular weight excluding hydrogens is 366 g/mol. The van der Waals surface area contributed by atoms with Crippen LogP contribution in [0.4, 0.5) is 0 Å². The van der Waals surface area contributed by atoms with E-state index in [4.69, 9.17) is 0 Å². The molecule has 0 aliphatic carbocycles. The highest BCUT2D eigenvalue weighted by molar-refractivity contribution is 5.25. The zero-order valence-electron chi connectivity index (χ0n) is 20.3. The molecule has 0 aromatic carbocycles. The van der Waals surface area contributed by atoms with E-state index in [2.05, 4.69) is 95.5 Å². The Labute approximate surface area is 184 Å². The fraction of sp³-hybridized carbons (Fsp3) is 0.444. The molecule has 30 heavy (non-hydrogen) atoms. The van der Waals surface area contributed by atoms with Crippen LogP contribution in [0, 0.1) is 20.8 Å². The van der Waals surface area contributed by atoms with Crippen molar-refractivity contribution in [1.82, 2.24) is 15.0 Å². The van der Waals surface area contributed by atoms with Crippen molar-refractivity contribution in [3.05, 3.63) is 88.8 Å². The Morgan fingerprint density at radius 3 is 1.57 bits per heavy atom. The lowest BCUT2D eigenvalue weighted by Gasteiger charge is -2.06. The highest BCUT2D eigenvalue weighted by Gasteiger charge is 2.02. The van der Waals surface area contributed by atoms with Crippen LogP contribution in [0.2, 0.25) is 0 Å². The van der Waals surface area contributed by atoms with Crippen LogP contribution in [0.3, 0.4) is 0 Å². The summed E-state index contributed by atoms with van der Waals surface area (Å²) in [6, 6.07) is 8.21. The lowest BCUT2D eigenvalue weighted by molar-refractivity contribution is 0.811. The largest absolute Gasteiger partial charge is 0.264 e. The van der Waals surface area contributed by atoms with Gasteiger partial charge in [0.15, 0.2) is 0 Å². The summed E-state index contributed by atoms with van der Waals surface area (Å²) in [5.41, 5.74) is 7.88. The number of aromatic nitrogens is 3. The van der Waals surface area contributed by atoms with E-state index in [1.807, 2.05) is 37.1 Å². The van der Waals surface area contributed by atoms with Gasteiger partial charge >= 0.3 is 0 Å². The molecule has 3 aromatic rings. The first-order chi connectivity index (χ1) is 14.1. The summed E-state index contributed by atoms with van der Waals surface area (Å²) < 4.78 is 0. The molecule has 162 valence electrons. The number of aryl methyl sites for hydroxylation is 3. The summed E-state index contributed by atoms with van der Waals surface area (Å²) in [4.78, 5) is 12.4. The second-order valence-corrected chi connectivity index (χ2v) is 8.63.